The highest BCUT2D eigenvalue weighted by Gasteiger charge is 2.22. The van der Waals surface area contributed by atoms with Crippen molar-refractivity contribution in [2.24, 2.45) is 0 Å². The lowest BCUT2D eigenvalue weighted by atomic mass is 10.2. The summed E-state index contributed by atoms with van der Waals surface area (Å²) in [4.78, 5) is 20.8. The predicted molar refractivity (Wildman–Crippen MR) is 86.2 cm³/mol. The van der Waals surface area contributed by atoms with Crippen molar-refractivity contribution in [1.82, 2.24) is 25.4 Å². The third-order valence-corrected chi connectivity index (χ3v) is 4.83. The summed E-state index contributed by atoms with van der Waals surface area (Å²) >= 11 is 1.66. The van der Waals surface area contributed by atoms with Gasteiger partial charge in [-0.25, -0.2) is 9.78 Å². The number of aryl methyl sites for hydroxylation is 2. The molecule has 0 aliphatic carbocycles. The third kappa shape index (κ3) is 3.22. The molecule has 0 atom stereocenters. The van der Waals surface area contributed by atoms with Crippen molar-refractivity contribution >= 4 is 22.5 Å². The molecule has 0 bridgehead atoms. The topological polar surface area (TPSA) is 77.1 Å². The maximum atomic E-state index is 12.2. The van der Waals surface area contributed by atoms with Gasteiger partial charge in [0, 0.05) is 49.4 Å². The number of aromatic amines is 1. The number of carbonyl (C=O) groups excluding carboxylic acids is 1. The Bertz CT molecular complexity index is 643. The number of H-pyrrole nitrogens is 1. The van der Waals surface area contributed by atoms with E-state index in [1.807, 2.05) is 18.7 Å². The van der Waals surface area contributed by atoms with Gasteiger partial charge in [0.1, 0.15) is 0 Å². The van der Waals surface area contributed by atoms with Crippen LogP contribution in [-0.2, 0) is 6.54 Å². The summed E-state index contributed by atoms with van der Waals surface area (Å²) in [5.74, 6) is 0. The summed E-state index contributed by atoms with van der Waals surface area (Å²) in [5.41, 5.74) is 3.06. The molecule has 3 rings (SSSR count). The number of amides is 2. The molecule has 118 valence electrons. The Morgan fingerprint density at radius 3 is 2.73 bits per heavy atom. The van der Waals surface area contributed by atoms with Crippen LogP contribution in [0.3, 0.4) is 0 Å². The molecule has 2 N–H and O–H groups in total. The summed E-state index contributed by atoms with van der Waals surface area (Å²) < 4.78 is 0. The van der Waals surface area contributed by atoms with E-state index in [0.717, 1.165) is 48.3 Å². The number of nitrogens with one attached hydrogen (secondary N) is 2. The molecule has 1 fully saturated rings. The average Bonchev–Trinajstić information content (AvgIpc) is 3.13. The van der Waals surface area contributed by atoms with Crippen molar-refractivity contribution in [3.8, 4) is 0 Å². The molecule has 0 unspecified atom stereocenters. The molecule has 8 heteroatoms. The number of piperazine rings is 1. The monoisotopic (exact) mass is 320 g/mol. The van der Waals surface area contributed by atoms with Crippen LogP contribution in [0.25, 0.3) is 0 Å². The second kappa shape index (κ2) is 6.35. The standard InChI is InChI=1S/C14H20N6OS/c1-10-9-22-14(17-10)20-5-3-19(4-6-20)13(21)15-7-12-8-16-18-11(12)2/h8-9H,3-7H2,1-2H3,(H,15,21)(H,16,18). The number of urea groups is 1. The molecule has 1 aliphatic rings. The molecule has 3 heterocycles. The molecule has 1 saturated heterocycles. The van der Waals surface area contributed by atoms with Crippen molar-refractivity contribution in [2.45, 2.75) is 20.4 Å². The van der Waals surface area contributed by atoms with Crippen LogP contribution in [0.15, 0.2) is 11.6 Å². The maximum absolute atomic E-state index is 12.2. The van der Waals surface area contributed by atoms with Crippen molar-refractivity contribution in [3.05, 3.63) is 28.5 Å². The Hall–Kier alpha value is -2.09. The second-order valence-corrected chi connectivity index (χ2v) is 6.26. The molecule has 0 saturated carbocycles. The minimum absolute atomic E-state index is 0.0180. The summed E-state index contributed by atoms with van der Waals surface area (Å²) in [6, 6.07) is -0.0180. The summed E-state index contributed by atoms with van der Waals surface area (Å²) in [6.07, 6.45) is 1.75. The number of aromatic nitrogens is 3. The predicted octanol–water partition coefficient (Wildman–Crippen LogP) is 1.51. The largest absolute Gasteiger partial charge is 0.345 e. The molecule has 2 amide bonds. The van der Waals surface area contributed by atoms with Gasteiger partial charge in [0.2, 0.25) is 0 Å². The molecule has 0 spiro atoms. The van der Waals surface area contributed by atoms with Gasteiger partial charge in [0.05, 0.1) is 11.9 Å². The van der Waals surface area contributed by atoms with Crippen LogP contribution in [0, 0.1) is 13.8 Å². The van der Waals surface area contributed by atoms with Crippen LogP contribution in [0.1, 0.15) is 17.0 Å². The van der Waals surface area contributed by atoms with Gasteiger partial charge in [-0.1, -0.05) is 0 Å². The highest BCUT2D eigenvalue weighted by Crippen LogP contribution is 2.21. The average molecular weight is 320 g/mol. The van der Waals surface area contributed by atoms with Gasteiger partial charge in [-0.05, 0) is 13.8 Å². The SMILES string of the molecule is Cc1csc(N2CCN(C(=O)NCc3cn[nH]c3C)CC2)n1. The van der Waals surface area contributed by atoms with Crippen LogP contribution >= 0.6 is 11.3 Å². The summed E-state index contributed by atoms with van der Waals surface area (Å²) in [6.45, 7) is 7.54. The van der Waals surface area contributed by atoms with Crippen molar-refractivity contribution in [1.29, 1.82) is 0 Å². The van der Waals surface area contributed by atoms with Gasteiger partial charge in [-0.2, -0.15) is 5.10 Å². The number of hydrogen-bond acceptors (Lipinski definition) is 5. The highest BCUT2D eigenvalue weighted by molar-refractivity contribution is 7.13. The quantitative estimate of drug-likeness (QED) is 0.899. The lowest BCUT2D eigenvalue weighted by Crippen LogP contribution is -2.51. The highest BCUT2D eigenvalue weighted by atomic mass is 32.1. The molecule has 22 heavy (non-hydrogen) atoms. The van der Waals surface area contributed by atoms with Crippen molar-refractivity contribution < 1.29 is 4.79 Å². The van der Waals surface area contributed by atoms with Gasteiger partial charge in [0.25, 0.3) is 0 Å². The van der Waals surface area contributed by atoms with Gasteiger partial charge in [-0.15, -0.1) is 11.3 Å². The molecule has 0 radical (unpaired) electrons. The fourth-order valence-corrected chi connectivity index (χ4v) is 3.28. The fourth-order valence-electron chi connectivity index (χ4n) is 2.42. The first-order valence-electron chi connectivity index (χ1n) is 7.32. The Morgan fingerprint density at radius 1 is 1.36 bits per heavy atom. The molecule has 2 aromatic heterocycles. The smallest absolute Gasteiger partial charge is 0.317 e. The minimum Gasteiger partial charge on any atom is -0.345 e. The van der Waals surface area contributed by atoms with E-state index in [-0.39, 0.29) is 6.03 Å². The van der Waals surface area contributed by atoms with E-state index in [1.54, 1.807) is 17.5 Å². The van der Waals surface area contributed by atoms with Crippen molar-refractivity contribution in [2.75, 3.05) is 31.1 Å². The summed E-state index contributed by atoms with van der Waals surface area (Å²) in [7, 11) is 0. The van der Waals surface area contributed by atoms with E-state index in [0.29, 0.717) is 6.54 Å². The zero-order chi connectivity index (χ0) is 15.5. The van der Waals surface area contributed by atoms with Crippen LogP contribution < -0.4 is 10.2 Å². The van der Waals surface area contributed by atoms with Crippen LogP contribution in [0.5, 0.6) is 0 Å². The lowest BCUT2D eigenvalue weighted by Gasteiger charge is -2.34. The molecular formula is C14H20N6OS. The van der Waals surface area contributed by atoms with Gasteiger partial charge < -0.3 is 15.1 Å². The van der Waals surface area contributed by atoms with E-state index in [2.05, 4.69) is 30.8 Å². The summed E-state index contributed by atoms with van der Waals surface area (Å²) in [5, 5.41) is 12.9. The van der Waals surface area contributed by atoms with E-state index >= 15 is 0 Å². The number of nitrogens with zero attached hydrogens (tertiary/aromatic N) is 4. The Labute approximate surface area is 133 Å². The zero-order valence-corrected chi connectivity index (χ0v) is 13.6. The second-order valence-electron chi connectivity index (χ2n) is 5.42. The molecule has 7 nitrogen and oxygen atoms in total. The zero-order valence-electron chi connectivity index (χ0n) is 12.8. The van der Waals surface area contributed by atoms with Crippen LogP contribution in [-0.4, -0.2) is 52.3 Å². The van der Waals surface area contributed by atoms with E-state index < -0.39 is 0 Å². The first-order chi connectivity index (χ1) is 10.6. The molecule has 0 aromatic carbocycles. The molecular weight excluding hydrogens is 300 g/mol. The van der Waals surface area contributed by atoms with Crippen LogP contribution in [0.4, 0.5) is 9.93 Å². The number of carbonyl (C=O) groups is 1. The van der Waals surface area contributed by atoms with E-state index in [1.165, 1.54) is 0 Å². The van der Waals surface area contributed by atoms with E-state index in [9.17, 15) is 4.79 Å². The maximum Gasteiger partial charge on any atom is 0.317 e. The molecule has 2 aromatic rings. The van der Waals surface area contributed by atoms with Crippen molar-refractivity contribution in [3.63, 3.8) is 0 Å². The minimum atomic E-state index is -0.0180. The first kappa shape index (κ1) is 14.8. The normalized spacial score (nSPS) is 15.2. The third-order valence-electron chi connectivity index (χ3n) is 3.81. The number of hydrogen-bond donors (Lipinski definition) is 2. The molecule has 1 aliphatic heterocycles. The Balaban J connectivity index is 1.48. The fraction of sp³-hybridized carbons (Fsp3) is 0.500. The van der Waals surface area contributed by atoms with Crippen LogP contribution in [0.2, 0.25) is 0 Å². The number of rotatable bonds is 3. The van der Waals surface area contributed by atoms with Gasteiger partial charge in [0.15, 0.2) is 5.13 Å². The Morgan fingerprint density at radius 2 is 2.14 bits per heavy atom. The Kier molecular flexibility index (Phi) is 4.28. The lowest BCUT2D eigenvalue weighted by molar-refractivity contribution is 0.194. The van der Waals surface area contributed by atoms with Gasteiger partial charge in [-0.3, -0.25) is 5.10 Å². The first-order valence-corrected chi connectivity index (χ1v) is 8.20. The number of thiazole rings is 1. The van der Waals surface area contributed by atoms with Gasteiger partial charge >= 0.3 is 6.03 Å². The van der Waals surface area contributed by atoms with E-state index in [4.69, 9.17) is 0 Å². The number of anilines is 1.